The maximum Gasteiger partial charge on any atom is 0.0541 e. The molecule has 7 rings (SSSR count). The fourth-order valence-electron chi connectivity index (χ4n) is 5.50. The first-order chi connectivity index (χ1) is 16.3. The highest BCUT2D eigenvalue weighted by molar-refractivity contribution is 6.10. The smallest absolute Gasteiger partial charge is 0.0541 e. The molecule has 0 radical (unpaired) electrons. The molecule has 1 heterocycles. The monoisotopic (exact) mass is 421 g/mol. The van der Waals surface area contributed by atoms with Crippen LogP contribution in [-0.4, -0.2) is 4.57 Å². The first-order valence-corrected chi connectivity index (χ1v) is 11.6. The Kier molecular flexibility index (Phi) is 3.89. The van der Waals surface area contributed by atoms with Crippen LogP contribution in [0.5, 0.6) is 0 Å². The lowest BCUT2D eigenvalue weighted by molar-refractivity contribution is 1.17. The van der Waals surface area contributed by atoms with E-state index in [9.17, 15) is 0 Å². The minimum atomic E-state index is 1.04. The number of hydrogen-bond acceptors (Lipinski definition) is 0. The molecule has 1 aromatic heterocycles. The molecule has 1 nitrogen and oxygen atoms in total. The van der Waals surface area contributed by atoms with E-state index in [4.69, 9.17) is 0 Å². The van der Waals surface area contributed by atoms with Crippen LogP contribution in [0.1, 0.15) is 16.7 Å². The van der Waals surface area contributed by atoms with E-state index in [2.05, 4.69) is 121 Å². The molecule has 0 saturated carbocycles. The van der Waals surface area contributed by atoms with E-state index >= 15 is 0 Å². The number of aromatic nitrogens is 1. The number of hydrogen-bond donors (Lipinski definition) is 0. The van der Waals surface area contributed by atoms with Gasteiger partial charge in [-0.3, -0.25) is 0 Å². The van der Waals surface area contributed by atoms with Crippen molar-refractivity contribution >= 4 is 21.8 Å². The summed E-state index contributed by atoms with van der Waals surface area (Å²) in [5.74, 6) is 0. The maximum atomic E-state index is 2.39. The Balaban J connectivity index is 1.44. The molecule has 0 saturated heterocycles. The molecule has 1 aliphatic carbocycles. The van der Waals surface area contributed by atoms with Crippen LogP contribution >= 0.6 is 0 Å². The van der Waals surface area contributed by atoms with E-state index in [1.165, 1.54) is 66.4 Å². The van der Waals surface area contributed by atoms with E-state index in [1.807, 2.05) is 0 Å². The average molecular weight is 422 g/mol. The summed E-state index contributed by atoms with van der Waals surface area (Å²) >= 11 is 0. The molecule has 0 bridgehead atoms. The largest absolute Gasteiger partial charge is 0.309 e. The van der Waals surface area contributed by atoms with Gasteiger partial charge in [0.1, 0.15) is 0 Å². The number of para-hydroxylation sites is 1. The molecular formula is C32H23N. The van der Waals surface area contributed by atoms with Crippen molar-refractivity contribution in [3.63, 3.8) is 0 Å². The number of fused-ring (bicyclic) bond motifs is 6. The second-order valence-electron chi connectivity index (χ2n) is 9.13. The third-order valence-electron chi connectivity index (χ3n) is 7.06. The summed E-state index contributed by atoms with van der Waals surface area (Å²) < 4.78 is 2.39. The predicted molar refractivity (Wildman–Crippen MR) is 139 cm³/mol. The molecule has 6 aromatic rings. The lowest BCUT2D eigenvalue weighted by Crippen LogP contribution is -1.94. The highest BCUT2D eigenvalue weighted by atomic mass is 15.0. The summed E-state index contributed by atoms with van der Waals surface area (Å²) in [5.41, 5.74) is 13.1. The van der Waals surface area contributed by atoms with Crippen LogP contribution in [0.15, 0.2) is 109 Å². The van der Waals surface area contributed by atoms with Crippen molar-refractivity contribution in [3.05, 3.63) is 126 Å². The highest BCUT2D eigenvalue weighted by Gasteiger charge is 2.19. The molecule has 0 unspecified atom stereocenters. The zero-order chi connectivity index (χ0) is 21.9. The van der Waals surface area contributed by atoms with E-state index in [0.717, 1.165) is 6.42 Å². The lowest BCUT2D eigenvalue weighted by Gasteiger charge is -2.10. The van der Waals surface area contributed by atoms with Gasteiger partial charge in [0.05, 0.1) is 11.0 Å². The van der Waals surface area contributed by atoms with E-state index < -0.39 is 0 Å². The van der Waals surface area contributed by atoms with E-state index in [0.29, 0.717) is 0 Å². The molecule has 0 N–H and O–H groups in total. The second kappa shape index (κ2) is 6.95. The van der Waals surface area contributed by atoms with Gasteiger partial charge in [0.15, 0.2) is 0 Å². The number of rotatable bonds is 2. The van der Waals surface area contributed by atoms with Crippen LogP contribution in [0.3, 0.4) is 0 Å². The zero-order valence-electron chi connectivity index (χ0n) is 18.5. The molecule has 1 heteroatoms. The van der Waals surface area contributed by atoms with Crippen LogP contribution < -0.4 is 0 Å². The van der Waals surface area contributed by atoms with Crippen molar-refractivity contribution in [2.45, 2.75) is 13.3 Å². The fourth-order valence-corrected chi connectivity index (χ4v) is 5.50. The Morgan fingerprint density at radius 3 is 2.24 bits per heavy atom. The molecular weight excluding hydrogens is 398 g/mol. The predicted octanol–water partition coefficient (Wildman–Crippen LogP) is 8.33. The number of aryl methyl sites for hydroxylation is 1. The first kappa shape index (κ1) is 18.5. The molecule has 0 spiro atoms. The third kappa shape index (κ3) is 2.79. The minimum Gasteiger partial charge on any atom is -0.309 e. The fraction of sp³-hybridized carbons (Fsp3) is 0.0625. The van der Waals surface area contributed by atoms with Gasteiger partial charge < -0.3 is 4.57 Å². The molecule has 33 heavy (non-hydrogen) atoms. The average Bonchev–Trinajstić information content (AvgIpc) is 3.39. The van der Waals surface area contributed by atoms with Gasteiger partial charge in [-0.1, -0.05) is 72.8 Å². The van der Waals surface area contributed by atoms with Crippen molar-refractivity contribution in [1.82, 2.24) is 4.57 Å². The van der Waals surface area contributed by atoms with E-state index in [1.54, 1.807) is 0 Å². The normalized spacial score (nSPS) is 12.3. The summed E-state index contributed by atoms with van der Waals surface area (Å²) in [6, 6.07) is 40.2. The van der Waals surface area contributed by atoms with Gasteiger partial charge in [0.25, 0.3) is 0 Å². The second-order valence-corrected chi connectivity index (χ2v) is 9.13. The van der Waals surface area contributed by atoms with Gasteiger partial charge in [-0.25, -0.2) is 0 Å². The van der Waals surface area contributed by atoms with Crippen molar-refractivity contribution in [1.29, 1.82) is 0 Å². The summed E-state index contributed by atoms with van der Waals surface area (Å²) in [6.07, 6.45) is 1.04. The lowest BCUT2D eigenvalue weighted by atomic mass is 9.97. The van der Waals surface area contributed by atoms with E-state index in [-0.39, 0.29) is 0 Å². The minimum absolute atomic E-state index is 1.04. The van der Waals surface area contributed by atoms with Crippen LogP contribution in [0.2, 0.25) is 0 Å². The van der Waals surface area contributed by atoms with Crippen molar-refractivity contribution in [2.24, 2.45) is 0 Å². The van der Waals surface area contributed by atoms with Crippen LogP contribution in [0.4, 0.5) is 0 Å². The Labute approximate surface area is 193 Å². The van der Waals surface area contributed by atoms with Gasteiger partial charge in [0, 0.05) is 16.5 Å². The van der Waals surface area contributed by atoms with Crippen LogP contribution in [-0.2, 0) is 6.42 Å². The Hall–Kier alpha value is -4.10. The Morgan fingerprint density at radius 2 is 1.30 bits per heavy atom. The summed E-state index contributed by atoms with van der Waals surface area (Å²) in [6.45, 7) is 2.15. The maximum absolute atomic E-state index is 2.39. The van der Waals surface area contributed by atoms with Gasteiger partial charge in [-0.05, 0) is 88.7 Å². The zero-order valence-corrected chi connectivity index (χ0v) is 18.5. The quantitative estimate of drug-likeness (QED) is 0.264. The summed E-state index contributed by atoms with van der Waals surface area (Å²) in [4.78, 5) is 0. The van der Waals surface area contributed by atoms with Gasteiger partial charge >= 0.3 is 0 Å². The molecule has 5 aromatic carbocycles. The Bertz CT molecular complexity index is 1700. The van der Waals surface area contributed by atoms with Gasteiger partial charge in [0.2, 0.25) is 0 Å². The third-order valence-corrected chi connectivity index (χ3v) is 7.06. The molecule has 0 atom stereocenters. The standard InChI is InChI=1S/C32H23N/c1-21-7-6-9-26(17-21)33-31-12-5-4-11-28(31)30-20-23(15-16-32(30)33)22-13-14-25-18-24-8-2-3-10-27(24)29(25)19-22/h2-17,19-20H,18H2,1H3. The summed E-state index contributed by atoms with van der Waals surface area (Å²) in [5, 5.41) is 2.59. The van der Waals surface area contributed by atoms with Crippen molar-refractivity contribution in [3.8, 4) is 27.9 Å². The molecule has 1 aliphatic rings. The molecule has 0 fully saturated rings. The van der Waals surface area contributed by atoms with Gasteiger partial charge in [-0.2, -0.15) is 0 Å². The Morgan fingerprint density at radius 1 is 0.545 bits per heavy atom. The first-order valence-electron chi connectivity index (χ1n) is 11.6. The van der Waals surface area contributed by atoms with Crippen LogP contribution in [0, 0.1) is 6.92 Å². The number of benzene rings is 5. The highest BCUT2D eigenvalue weighted by Crippen LogP contribution is 2.40. The van der Waals surface area contributed by atoms with Crippen molar-refractivity contribution < 1.29 is 0 Å². The molecule has 0 aliphatic heterocycles. The topological polar surface area (TPSA) is 4.93 Å². The molecule has 0 amide bonds. The molecule has 156 valence electrons. The van der Waals surface area contributed by atoms with Crippen LogP contribution in [0.25, 0.3) is 49.7 Å². The van der Waals surface area contributed by atoms with Gasteiger partial charge in [-0.15, -0.1) is 0 Å². The SMILES string of the molecule is Cc1cccc(-n2c3ccccc3c3cc(-c4ccc5c(c4)-c4ccccc4C5)ccc32)c1. The summed E-state index contributed by atoms with van der Waals surface area (Å²) in [7, 11) is 0. The van der Waals surface area contributed by atoms with Crippen molar-refractivity contribution in [2.75, 3.05) is 0 Å². The number of nitrogens with zero attached hydrogens (tertiary/aromatic N) is 1.